The minimum absolute atomic E-state index is 0.117. The van der Waals surface area contributed by atoms with Gasteiger partial charge in [0.2, 0.25) is 17.8 Å². The highest BCUT2D eigenvalue weighted by atomic mass is 16.6. The second-order valence-corrected chi connectivity index (χ2v) is 30.0. The van der Waals surface area contributed by atoms with E-state index in [1.165, 1.54) is 85.1 Å². The van der Waals surface area contributed by atoms with E-state index < -0.39 is 53.0 Å². The molecule has 0 saturated heterocycles. The van der Waals surface area contributed by atoms with E-state index >= 15 is 0 Å². The van der Waals surface area contributed by atoms with Gasteiger partial charge in [0.05, 0.1) is 25.5 Å². The summed E-state index contributed by atoms with van der Waals surface area (Å²) < 4.78 is 21.3. The van der Waals surface area contributed by atoms with Gasteiger partial charge in [-0.15, -0.1) is 0 Å². The number of nitrogens with one attached hydrogen (secondary N) is 3. The number of anilines is 6. The predicted octanol–water partition coefficient (Wildman–Crippen LogP) is 14.7. The summed E-state index contributed by atoms with van der Waals surface area (Å²) in [5.74, 6) is 0.105. The highest BCUT2D eigenvalue weighted by Gasteiger charge is 2.32. The first-order chi connectivity index (χ1) is 49.7. The molecule has 30 heteroatoms. The van der Waals surface area contributed by atoms with Crippen LogP contribution in [0.25, 0.3) is 33.5 Å². The molecule has 9 rings (SSSR count). The zero-order chi connectivity index (χ0) is 76.8. The molecule has 570 valence electrons. The van der Waals surface area contributed by atoms with Gasteiger partial charge in [-0.2, -0.15) is 29.9 Å². The van der Waals surface area contributed by atoms with E-state index in [1.807, 2.05) is 63.2 Å². The number of aliphatic carboxylic acids is 3. The van der Waals surface area contributed by atoms with Gasteiger partial charge in [0.25, 0.3) is 0 Å². The van der Waals surface area contributed by atoms with Gasteiger partial charge in [-0.25, -0.2) is 44.0 Å². The molecule has 0 spiro atoms. The van der Waals surface area contributed by atoms with Crippen molar-refractivity contribution in [3.05, 3.63) is 90.3 Å². The Labute approximate surface area is 614 Å². The molecule has 0 unspecified atom stereocenters. The first-order valence-corrected chi connectivity index (χ1v) is 36.4. The van der Waals surface area contributed by atoms with E-state index in [1.54, 1.807) is 41.5 Å². The molecule has 6 N–H and O–H groups in total. The van der Waals surface area contributed by atoms with E-state index in [-0.39, 0.29) is 44.0 Å². The topological polar surface area (TPSA) is 367 Å². The molecule has 30 nitrogen and oxygen atoms in total. The summed E-state index contributed by atoms with van der Waals surface area (Å²) in [6.07, 6.45) is 15.2. The van der Waals surface area contributed by atoms with Crippen LogP contribution >= 0.6 is 0 Å². The number of unbranched alkanes of at least 4 members (excludes halogenated alkanes) is 4. The summed E-state index contributed by atoms with van der Waals surface area (Å²) in [6, 6.07) is 18.2. The van der Waals surface area contributed by atoms with Gasteiger partial charge in [-0.05, 0) is 129 Å². The average molecular weight is 1450 g/mol. The summed E-state index contributed by atoms with van der Waals surface area (Å²) in [7, 11) is 0. The Kier molecular flexibility index (Phi) is 29.6. The van der Waals surface area contributed by atoms with E-state index in [2.05, 4.69) is 114 Å². The fourth-order valence-electron chi connectivity index (χ4n) is 11.1. The van der Waals surface area contributed by atoms with Crippen LogP contribution in [-0.4, -0.2) is 153 Å². The van der Waals surface area contributed by atoms with Gasteiger partial charge >= 0.3 is 36.2 Å². The fourth-order valence-corrected chi connectivity index (χ4v) is 11.1. The van der Waals surface area contributed by atoms with Crippen molar-refractivity contribution < 1.29 is 58.3 Å². The highest BCUT2D eigenvalue weighted by molar-refractivity contribution is 5.93. The zero-order valence-electron chi connectivity index (χ0n) is 63.7. The van der Waals surface area contributed by atoms with Crippen molar-refractivity contribution in [1.82, 2.24) is 58.6 Å². The van der Waals surface area contributed by atoms with Gasteiger partial charge in [0, 0.05) is 32.7 Å². The van der Waals surface area contributed by atoms with Crippen molar-refractivity contribution in [2.24, 2.45) is 11.8 Å². The Hall–Kier alpha value is -10.3. The van der Waals surface area contributed by atoms with Crippen LogP contribution in [-0.2, 0) is 61.3 Å². The summed E-state index contributed by atoms with van der Waals surface area (Å²) >= 11 is 0. The maximum absolute atomic E-state index is 13.5. The normalized spacial score (nSPS) is 12.7. The SMILES string of the molecule is CC(C)CNc1nc(N(Cc2ccc(C3CCCCC3)cc2)C(=O)OC(C)(C)C)nc2c1ncn2CC(=O)O.CCCCCN(C(=O)OC(C)(C)C)c1nc(NCCC(C)C)c2ncn(CC(=O)O)c2n1.CCCCCN(C(=O)OC(C)(C)C)c1nc(NCc2ccccc2)c2ncn(CC(=O)O)c2n1. The van der Waals surface area contributed by atoms with Crippen LogP contribution in [0.2, 0.25) is 0 Å². The largest absolute Gasteiger partial charge is 0.480 e. The Morgan fingerprint density at radius 3 is 1.29 bits per heavy atom. The predicted molar refractivity (Wildman–Crippen MR) is 405 cm³/mol. The number of hydrogen-bond donors (Lipinski definition) is 6. The van der Waals surface area contributed by atoms with Crippen LogP contribution in [0.4, 0.5) is 49.7 Å². The number of amides is 3. The maximum atomic E-state index is 13.5. The third kappa shape index (κ3) is 25.5. The van der Waals surface area contributed by atoms with Crippen molar-refractivity contribution in [3.63, 3.8) is 0 Å². The molecule has 0 aliphatic heterocycles. The number of carbonyl (C=O) groups excluding carboxylic acids is 3. The van der Waals surface area contributed by atoms with Crippen molar-refractivity contribution in [1.29, 1.82) is 0 Å². The highest BCUT2D eigenvalue weighted by Crippen LogP contribution is 2.34. The Morgan fingerprint density at radius 2 is 0.895 bits per heavy atom. The minimum Gasteiger partial charge on any atom is -0.480 e. The first kappa shape index (κ1) is 82.0. The third-order valence-electron chi connectivity index (χ3n) is 16.2. The number of aromatic nitrogens is 12. The molecule has 0 bridgehead atoms. The molecule has 8 aromatic rings. The van der Waals surface area contributed by atoms with Crippen LogP contribution in [0, 0.1) is 11.8 Å². The molecule has 0 atom stereocenters. The lowest BCUT2D eigenvalue weighted by Gasteiger charge is -2.27. The number of nitrogens with zero attached hydrogens (tertiary/aromatic N) is 15. The molecule has 1 saturated carbocycles. The maximum Gasteiger partial charge on any atom is 0.417 e. The van der Waals surface area contributed by atoms with Crippen LogP contribution in [0.1, 0.15) is 204 Å². The third-order valence-corrected chi connectivity index (χ3v) is 16.2. The Bertz CT molecular complexity index is 4170. The van der Waals surface area contributed by atoms with Gasteiger partial charge in [-0.3, -0.25) is 14.4 Å². The first-order valence-electron chi connectivity index (χ1n) is 36.4. The fraction of sp³-hybridized carbons (Fsp3) is 0.560. The van der Waals surface area contributed by atoms with Gasteiger partial charge in [-0.1, -0.05) is 141 Å². The quantitative estimate of drug-likeness (QED) is 0.0180. The molecular formula is C75H108N18O12. The molecule has 1 aliphatic rings. The van der Waals surface area contributed by atoms with E-state index in [9.17, 15) is 44.1 Å². The monoisotopic (exact) mass is 1450 g/mol. The molecule has 1 fully saturated rings. The standard InChI is InChI=1S/C29H40N6O4.C24H32N6O4.C22H36N6O4/c1-19(2)15-30-25-24-26(34(18-31-24)17-23(36)37)33-27(32-25)35(28(38)39-29(3,4)5)16-20-11-13-22(14-12-20)21-9-7-6-8-10-21;1-5-6-10-13-30(23(33)34-24(2,3)4)22-27-20(25-14-17-11-8-7-9-12-17)19-21(28-22)29(16-26-19)15-18(31)32;1-7-8-9-12-28(21(31)32-22(4,5)6)20-25-18(23-11-10-15(2)3)17-19(26-20)27(14-24-17)13-16(29)30/h11-14,18-19,21H,6-10,15-17H2,1-5H3,(H,36,37)(H,30,32,33);7-9,11-12,16H,5-6,10,13-15H2,1-4H3,(H,31,32)(H,25,27,28);14-15H,7-13H2,1-6H3,(H,29,30)(H,23,25,26). The van der Waals surface area contributed by atoms with Gasteiger partial charge < -0.3 is 59.2 Å². The molecule has 3 amide bonds. The molecule has 0 radical (unpaired) electrons. The van der Waals surface area contributed by atoms with Crippen molar-refractivity contribution in [2.75, 3.05) is 56.8 Å². The number of fused-ring (bicyclic) bond motifs is 3. The molecule has 1 aliphatic carbocycles. The Balaban J connectivity index is 0.000000221. The molecule has 6 heterocycles. The van der Waals surface area contributed by atoms with Crippen molar-refractivity contribution in [2.45, 2.75) is 236 Å². The molecule has 2 aromatic carbocycles. The number of ether oxygens (including phenoxy) is 3. The van der Waals surface area contributed by atoms with Crippen molar-refractivity contribution in [3.8, 4) is 0 Å². The number of carboxylic acids is 3. The number of hydrogen-bond acceptors (Lipinski definition) is 21. The summed E-state index contributed by atoms with van der Waals surface area (Å²) in [5, 5.41) is 37.8. The zero-order valence-corrected chi connectivity index (χ0v) is 63.7. The second kappa shape index (κ2) is 37.9. The average Bonchev–Trinajstić information content (AvgIpc) is 1.69. The lowest BCUT2D eigenvalue weighted by molar-refractivity contribution is -0.138. The smallest absolute Gasteiger partial charge is 0.417 e. The minimum atomic E-state index is -1.02. The lowest BCUT2D eigenvalue weighted by Crippen LogP contribution is -2.38. The summed E-state index contributed by atoms with van der Waals surface area (Å²) in [5.41, 5.74) is 3.54. The number of benzene rings is 2. The lowest BCUT2D eigenvalue weighted by atomic mass is 9.84. The Morgan fingerprint density at radius 1 is 0.495 bits per heavy atom. The number of imidazole rings is 3. The molecule has 105 heavy (non-hydrogen) atoms. The summed E-state index contributed by atoms with van der Waals surface area (Å²) in [6.45, 7) is 30.6. The number of carbonyl (C=O) groups is 6. The van der Waals surface area contributed by atoms with E-state index in [0.717, 1.165) is 56.1 Å². The van der Waals surface area contributed by atoms with Crippen LogP contribution in [0.3, 0.4) is 0 Å². The van der Waals surface area contributed by atoms with Gasteiger partial charge in [0.15, 0.2) is 50.9 Å². The number of carboxylic acid groups (broad SMARTS) is 3. The molecular weight excluding hydrogens is 1340 g/mol. The van der Waals surface area contributed by atoms with Crippen LogP contribution < -0.4 is 30.7 Å². The van der Waals surface area contributed by atoms with Gasteiger partial charge in [0.1, 0.15) is 36.4 Å². The second-order valence-electron chi connectivity index (χ2n) is 30.0. The number of rotatable bonds is 30. The van der Waals surface area contributed by atoms with Crippen LogP contribution in [0.5, 0.6) is 0 Å². The summed E-state index contributed by atoms with van der Waals surface area (Å²) in [4.78, 5) is 119. The van der Waals surface area contributed by atoms with Crippen molar-refractivity contribution >= 4 is 105 Å². The van der Waals surface area contributed by atoms with E-state index in [0.29, 0.717) is 101 Å². The van der Waals surface area contributed by atoms with Crippen LogP contribution in [0.15, 0.2) is 73.6 Å². The van der Waals surface area contributed by atoms with E-state index in [4.69, 9.17) is 14.2 Å². The molecule has 6 aromatic heterocycles.